The normalized spacial score (nSPS) is 10.5. The summed E-state index contributed by atoms with van der Waals surface area (Å²) in [4.78, 5) is 24.4. The van der Waals surface area contributed by atoms with Gasteiger partial charge < -0.3 is 15.4 Å². The Labute approximate surface area is 166 Å². The first-order valence-electron chi connectivity index (χ1n) is 8.19. The summed E-state index contributed by atoms with van der Waals surface area (Å²) >= 11 is 6.99. The lowest BCUT2D eigenvalue weighted by Crippen LogP contribution is -2.28. The van der Waals surface area contributed by atoms with Crippen LogP contribution in [-0.4, -0.2) is 37.8 Å². The number of amides is 2. The molecule has 0 saturated carbocycles. The Balaban J connectivity index is 1.89. The van der Waals surface area contributed by atoms with Crippen molar-refractivity contribution in [2.75, 3.05) is 31.3 Å². The molecule has 0 bridgehead atoms. The highest BCUT2D eigenvalue weighted by Gasteiger charge is 2.13. The highest BCUT2D eigenvalue weighted by molar-refractivity contribution is 7.99. The van der Waals surface area contributed by atoms with Crippen LogP contribution < -0.4 is 10.6 Å². The fourth-order valence-electron chi connectivity index (χ4n) is 2.23. The van der Waals surface area contributed by atoms with Crippen molar-refractivity contribution in [3.05, 3.63) is 64.4 Å². The number of thioether (sulfide) groups is 1. The van der Waals surface area contributed by atoms with Crippen molar-refractivity contribution in [2.45, 2.75) is 5.75 Å². The number of carbonyl (C=O) groups is 2. The summed E-state index contributed by atoms with van der Waals surface area (Å²) in [7, 11) is 1.55. The van der Waals surface area contributed by atoms with Gasteiger partial charge in [-0.25, -0.2) is 4.39 Å². The van der Waals surface area contributed by atoms with Gasteiger partial charge in [0.25, 0.3) is 5.91 Å². The SMILES string of the molecule is COCCNC(=O)c1ccccc1NC(=O)CSCc1ccc(Cl)cc1F. The van der Waals surface area contributed by atoms with E-state index >= 15 is 0 Å². The number of benzene rings is 2. The summed E-state index contributed by atoms with van der Waals surface area (Å²) in [6.45, 7) is 0.776. The minimum atomic E-state index is -0.395. The number of anilines is 1. The van der Waals surface area contributed by atoms with Gasteiger partial charge in [-0.2, -0.15) is 0 Å². The summed E-state index contributed by atoms with van der Waals surface area (Å²) < 4.78 is 18.6. The second kappa shape index (κ2) is 10.9. The molecule has 8 heteroatoms. The average Bonchev–Trinajstić information content (AvgIpc) is 2.64. The number of nitrogens with one attached hydrogen (secondary N) is 2. The van der Waals surface area contributed by atoms with E-state index in [4.69, 9.17) is 16.3 Å². The molecule has 0 unspecified atom stereocenters. The summed E-state index contributed by atoms with van der Waals surface area (Å²) in [6.07, 6.45) is 0. The minimum Gasteiger partial charge on any atom is -0.383 e. The standard InChI is InChI=1S/C19H20ClFN2O3S/c1-26-9-8-22-19(25)15-4-2-3-5-17(15)23-18(24)12-27-11-13-6-7-14(20)10-16(13)21/h2-7,10H,8-9,11-12H2,1H3,(H,22,25)(H,23,24). The fourth-order valence-corrected chi connectivity index (χ4v) is 3.20. The molecular weight excluding hydrogens is 391 g/mol. The predicted molar refractivity (Wildman–Crippen MR) is 107 cm³/mol. The molecule has 0 aliphatic heterocycles. The number of para-hydroxylation sites is 1. The molecular formula is C19H20ClFN2O3S. The zero-order valence-corrected chi connectivity index (χ0v) is 16.3. The molecule has 0 spiro atoms. The third-order valence-electron chi connectivity index (χ3n) is 3.54. The van der Waals surface area contributed by atoms with Crippen molar-refractivity contribution < 1.29 is 18.7 Å². The van der Waals surface area contributed by atoms with E-state index in [0.29, 0.717) is 40.7 Å². The summed E-state index contributed by atoms with van der Waals surface area (Å²) in [5.74, 6) is -0.490. The highest BCUT2D eigenvalue weighted by atomic mass is 35.5. The number of methoxy groups -OCH3 is 1. The van der Waals surface area contributed by atoms with Crippen molar-refractivity contribution in [1.29, 1.82) is 0 Å². The van der Waals surface area contributed by atoms with Crippen molar-refractivity contribution >= 4 is 40.9 Å². The summed E-state index contributed by atoms with van der Waals surface area (Å²) in [5.41, 5.74) is 1.28. The lowest BCUT2D eigenvalue weighted by molar-refractivity contribution is -0.113. The van der Waals surface area contributed by atoms with Crippen LogP contribution >= 0.6 is 23.4 Å². The molecule has 0 atom stereocenters. The fraction of sp³-hybridized carbons (Fsp3) is 0.263. The third-order valence-corrected chi connectivity index (χ3v) is 4.76. The summed E-state index contributed by atoms with van der Waals surface area (Å²) in [5, 5.41) is 5.77. The maximum absolute atomic E-state index is 13.7. The lowest BCUT2D eigenvalue weighted by atomic mass is 10.1. The third kappa shape index (κ3) is 6.86. The van der Waals surface area contributed by atoms with Gasteiger partial charge in [-0.15, -0.1) is 11.8 Å². The molecule has 0 heterocycles. The Kier molecular flexibility index (Phi) is 8.57. The van der Waals surface area contributed by atoms with Crippen LogP contribution in [0.1, 0.15) is 15.9 Å². The molecule has 0 aromatic heterocycles. The van der Waals surface area contributed by atoms with Gasteiger partial charge in [-0.3, -0.25) is 9.59 Å². The molecule has 2 amide bonds. The molecule has 27 heavy (non-hydrogen) atoms. The van der Waals surface area contributed by atoms with E-state index in [1.165, 1.54) is 17.8 Å². The Hall–Kier alpha value is -2.09. The number of hydrogen-bond donors (Lipinski definition) is 2. The van der Waals surface area contributed by atoms with Crippen LogP contribution in [0.4, 0.5) is 10.1 Å². The van der Waals surface area contributed by atoms with E-state index in [0.717, 1.165) is 0 Å². The van der Waals surface area contributed by atoms with E-state index in [2.05, 4.69) is 10.6 Å². The van der Waals surface area contributed by atoms with Crippen LogP contribution in [0, 0.1) is 5.82 Å². The Morgan fingerprint density at radius 2 is 2.00 bits per heavy atom. The van der Waals surface area contributed by atoms with Crippen molar-refractivity contribution in [3.8, 4) is 0 Å². The predicted octanol–water partition coefficient (Wildman–Crippen LogP) is 3.73. The second-order valence-corrected chi connectivity index (χ2v) is 6.99. The molecule has 5 nitrogen and oxygen atoms in total. The van der Waals surface area contributed by atoms with Gasteiger partial charge >= 0.3 is 0 Å². The molecule has 144 valence electrons. The highest BCUT2D eigenvalue weighted by Crippen LogP contribution is 2.20. The van der Waals surface area contributed by atoms with Crippen LogP contribution in [-0.2, 0) is 15.3 Å². The van der Waals surface area contributed by atoms with Gasteiger partial charge in [0.15, 0.2) is 0 Å². The van der Waals surface area contributed by atoms with E-state index in [9.17, 15) is 14.0 Å². The van der Waals surface area contributed by atoms with E-state index in [1.807, 2.05) is 0 Å². The van der Waals surface area contributed by atoms with Gasteiger partial charge in [-0.1, -0.05) is 29.8 Å². The lowest BCUT2D eigenvalue weighted by Gasteiger charge is -2.11. The zero-order valence-electron chi connectivity index (χ0n) is 14.8. The first-order chi connectivity index (χ1) is 13.0. The first kappa shape index (κ1) is 21.2. The van der Waals surface area contributed by atoms with Crippen molar-refractivity contribution in [1.82, 2.24) is 5.32 Å². The molecule has 0 fully saturated rings. The number of hydrogen-bond acceptors (Lipinski definition) is 4. The molecule has 0 radical (unpaired) electrons. The quantitative estimate of drug-likeness (QED) is 0.618. The minimum absolute atomic E-state index is 0.127. The van der Waals surface area contributed by atoms with Crippen LogP contribution in [0.2, 0.25) is 5.02 Å². The van der Waals surface area contributed by atoms with Crippen molar-refractivity contribution in [2.24, 2.45) is 0 Å². The molecule has 2 aromatic rings. The molecule has 0 saturated heterocycles. The number of halogens is 2. The average molecular weight is 411 g/mol. The Morgan fingerprint density at radius 3 is 2.74 bits per heavy atom. The smallest absolute Gasteiger partial charge is 0.253 e. The van der Waals surface area contributed by atoms with Gasteiger partial charge in [0.05, 0.1) is 23.6 Å². The zero-order chi connectivity index (χ0) is 19.6. The van der Waals surface area contributed by atoms with Crippen LogP contribution in [0.15, 0.2) is 42.5 Å². The Bertz CT molecular complexity index is 804. The number of rotatable bonds is 9. The van der Waals surface area contributed by atoms with Gasteiger partial charge in [0, 0.05) is 24.4 Å². The van der Waals surface area contributed by atoms with Crippen LogP contribution in [0.25, 0.3) is 0 Å². The number of carbonyl (C=O) groups excluding carboxylic acids is 2. The van der Waals surface area contributed by atoms with Crippen molar-refractivity contribution in [3.63, 3.8) is 0 Å². The van der Waals surface area contributed by atoms with Gasteiger partial charge in [0.2, 0.25) is 5.91 Å². The molecule has 2 aromatic carbocycles. The second-order valence-electron chi connectivity index (χ2n) is 5.57. The van der Waals surface area contributed by atoms with E-state index in [-0.39, 0.29) is 17.6 Å². The molecule has 0 aliphatic rings. The Morgan fingerprint density at radius 1 is 1.22 bits per heavy atom. The van der Waals surface area contributed by atoms with E-state index < -0.39 is 5.82 Å². The van der Waals surface area contributed by atoms with Gasteiger partial charge in [0.1, 0.15) is 5.82 Å². The van der Waals surface area contributed by atoms with E-state index in [1.54, 1.807) is 43.5 Å². The largest absolute Gasteiger partial charge is 0.383 e. The first-order valence-corrected chi connectivity index (χ1v) is 9.72. The number of ether oxygens (including phenoxy) is 1. The van der Waals surface area contributed by atoms with Gasteiger partial charge in [-0.05, 0) is 29.8 Å². The monoisotopic (exact) mass is 410 g/mol. The molecule has 2 N–H and O–H groups in total. The van der Waals surface area contributed by atoms with Crippen LogP contribution in [0.5, 0.6) is 0 Å². The maximum atomic E-state index is 13.7. The molecule has 2 rings (SSSR count). The maximum Gasteiger partial charge on any atom is 0.253 e. The summed E-state index contributed by atoms with van der Waals surface area (Å²) in [6, 6.07) is 11.2. The topological polar surface area (TPSA) is 67.4 Å². The van der Waals surface area contributed by atoms with Crippen LogP contribution in [0.3, 0.4) is 0 Å². The molecule has 0 aliphatic carbocycles.